The predicted molar refractivity (Wildman–Crippen MR) is 76.6 cm³/mol. The smallest absolute Gasteiger partial charge is 0.217 e. The maximum absolute atomic E-state index is 11.0. The van der Waals surface area contributed by atoms with Gasteiger partial charge in [0.15, 0.2) is 0 Å². The molecule has 0 aromatic heterocycles. The van der Waals surface area contributed by atoms with Gasteiger partial charge in [-0.05, 0) is 30.0 Å². The fraction of sp³-hybridized carbons (Fsp3) is 0.533. The first-order valence-corrected chi connectivity index (χ1v) is 6.86. The first-order valence-electron chi connectivity index (χ1n) is 6.86. The van der Waals surface area contributed by atoms with E-state index < -0.39 is 0 Å². The highest BCUT2D eigenvalue weighted by molar-refractivity contribution is 5.73. The Morgan fingerprint density at radius 1 is 1.53 bits per heavy atom. The van der Waals surface area contributed by atoms with Crippen LogP contribution in [-0.2, 0) is 17.9 Å². The van der Waals surface area contributed by atoms with E-state index in [4.69, 9.17) is 5.73 Å². The van der Waals surface area contributed by atoms with E-state index in [0.717, 1.165) is 26.1 Å². The molecule has 1 atom stereocenters. The van der Waals surface area contributed by atoms with Crippen molar-refractivity contribution in [3.8, 4) is 0 Å². The van der Waals surface area contributed by atoms with Crippen molar-refractivity contribution < 1.29 is 4.79 Å². The van der Waals surface area contributed by atoms with Gasteiger partial charge in [-0.3, -0.25) is 9.69 Å². The fourth-order valence-electron chi connectivity index (χ4n) is 2.68. The third-order valence-electron chi connectivity index (χ3n) is 3.72. The molecule has 0 bridgehead atoms. The molecule has 1 fully saturated rings. The van der Waals surface area contributed by atoms with Gasteiger partial charge in [-0.1, -0.05) is 18.2 Å². The van der Waals surface area contributed by atoms with Crippen LogP contribution >= 0.6 is 0 Å². The van der Waals surface area contributed by atoms with E-state index in [1.165, 1.54) is 16.7 Å². The summed E-state index contributed by atoms with van der Waals surface area (Å²) in [5, 5.41) is 2.99. The van der Waals surface area contributed by atoms with Crippen molar-refractivity contribution in [1.82, 2.24) is 10.2 Å². The van der Waals surface area contributed by atoms with Gasteiger partial charge >= 0.3 is 0 Å². The van der Waals surface area contributed by atoms with E-state index in [-0.39, 0.29) is 5.91 Å². The number of nitrogens with one attached hydrogen (secondary N) is 1. The molecule has 0 radical (unpaired) electrons. The quantitative estimate of drug-likeness (QED) is 0.855. The van der Waals surface area contributed by atoms with Gasteiger partial charge < -0.3 is 11.1 Å². The molecule has 4 heteroatoms. The van der Waals surface area contributed by atoms with Crippen LogP contribution in [0.4, 0.5) is 0 Å². The Labute approximate surface area is 115 Å². The maximum atomic E-state index is 11.0. The zero-order valence-electron chi connectivity index (χ0n) is 11.8. The largest absolute Gasteiger partial charge is 0.352 e. The van der Waals surface area contributed by atoms with Gasteiger partial charge in [0.25, 0.3) is 0 Å². The number of amides is 1. The van der Waals surface area contributed by atoms with Crippen molar-refractivity contribution in [2.75, 3.05) is 13.1 Å². The lowest BCUT2D eigenvalue weighted by atomic mass is 10.0. The van der Waals surface area contributed by atoms with Gasteiger partial charge in [0.2, 0.25) is 5.91 Å². The average molecular weight is 261 g/mol. The Balaban J connectivity index is 1.93. The monoisotopic (exact) mass is 261 g/mol. The van der Waals surface area contributed by atoms with E-state index >= 15 is 0 Å². The summed E-state index contributed by atoms with van der Waals surface area (Å²) in [7, 11) is 0. The van der Waals surface area contributed by atoms with Gasteiger partial charge in [0.05, 0.1) is 0 Å². The molecular weight excluding hydrogens is 238 g/mol. The van der Waals surface area contributed by atoms with Crippen LogP contribution in [0, 0.1) is 6.92 Å². The standard InChI is InChI=1S/C15H23N3O/c1-11-7-13(8-16)3-4-14(11)9-18-6-5-15(10-18)17-12(2)19/h3-4,7,15H,5-6,8-10,16H2,1-2H3,(H,17,19). The molecule has 2 rings (SSSR count). The van der Waals surface area contributed by atoms with E-state index in [2.05, 4.69) is 35.3 Å². The predicted octanol–water partition coefficient (Wildman–Crippen LogP) is 1.16. The van der Waals surface area contributed by atoms with E-state index in [1.807, 2.05) is 0 Å². The number of benzene rings is 1. The minimum absolute atomic E-state index is 0.0651. The zero-order valence-corrected chi connectivity index (χ0v) is 11.8. The van der Waals surface area contributed by atoms with Crippen LogP contribution in [0.1, 0.15) is 30.0 Å². The molecule has 1 amide bonds. The Morgan fingerprint density at radius 2 is 2.32 bits per heavy atom. The second-order valence-corrected chi connectivity index (χ2v) is 5.39. The molecule has 1 heterocycles. The Hall–Kier alpha value is -1.39. The maximum Gasteiger partial charge on any atom is 0.217 e. The summed E-state index contributed by atoms with van der Waals surface area (Å²) in [5.41, 5.74) is 9.47. The SMILES string of the molecule is CC(=O)NC1CCN(Cc2ccc(CN)cc2C)C1. The van der Waals surface area contributed by atoms with Crippen molar-refractivity contribution >= 4 is 5.91 Å². The summed E-state index contributed by atoms with van der Waals surface area (Å²) in [4.78, 5) is 13.4. The summed E-state index contributed by atoms with van der Waals surface area (Å²) in [6.45, 7) is 7.25. The second kappa shape index (κ2) is 6.17. The van der Waals surface area contributed by atoms with Crippen molar-refractivity contribution in [1.29, 1.82) is 0 Å². The molecule has 0 saturated carbocycles. The van der Waals surface area contributed by atoms with Crippen LogP contribution in [0.15, 0.2) is 18.2 Å². The van der Waals surface area contributed by atoms with Crippen molar-refractivity contribution in [3.63, 3.8) is 0 Å². The molecule has 1 saturated heterocycles. The Kier molecular flexibility index (Phi) is 4.56. The highest BCUT2D eigenvalue weighted by Gasteiger charge is 2.23. The van der Waals surface area contributed by atoms with Crippen molar-refractivity contribution in [2.45, 2.75) is 39.4 Å². The number of likely N-dealkylation sites (tertiary alicyclic amines) is 1. The fourth-order valence-corrected chi connectivity index (χ4v) is 2.68. The minimum atomic E-state index is 0.0651. The summed E-state index contributed by atoms with van der Waals surface area (Å²) < 4.78 is 0. The topological polar surface area (TPSA) is 58.4 Å². The van der Waals surface area contributed by atoms with Crippen LogP contribution in [0.5, 0.6) is 0 Å². The lowest BCUT2D eigenvalue weighted by Crippen LogP contribution is -2.35. The molecule has 104 valence electrons. The van der Waals surface area contributed by atoms with Crippen LogP contribution in [0.2, 0.25) is 0 Å². The molecule has 1 aliphatic heterocycles. The number of aryl methyl sites for hydroxylation is 1. The molecule has 1 aromatic rings. The number of carbonyl (C=O) groups is 1. The molecule has 1 unspecified atom stereocenters. The molecule has 1 aromatic carbocycles. The summed E-state index contributed by atoms with van der Waals surface area (Å²) in [6.07, 6.45) is 1.04. The third kappa shape index (κ3) is 3.78. The molecule has 0 aliphatic carbocycles. The minimum Gasteiger partial charge on any atom is -0.352 e. The van der Waals surface area contributed by atoms with Crippen LogP contribution in [0.25, 0.3) is 0 Å². The van der Waals surface area contributed by atoms with Gasteiger partial charge in [-0.25, -0.2) is 0 Å². The Morgan fingerprint density at radius 3 is 2.95 bits per heavy atom. The van der Waals surface area contributed by atoms with Gasteiger partial charge in [0.1, 0.15) is 0 Å². The summed E-state index contributed by atoms with van der Waals surface area (Å²) in [5.74, 6) is 0.0651. The number of hydrogen-bond donors (Lipinski definition) is 2. The second-order valence-electron chi connectivity index (χ2n) is 5.39. The van der Waals surface area contributed by atoms with E-state index in [0.29, 0.717) is 12.6 Å². The van der Waals surface area contributed by atoms with Crippen molar-refractivity contribution in [2.24, 2.45) is 5.73 Å². The summed E-state index contributed by atoms with van der Waals surface area (Å²) >= 11 is 0. The molecule has 4 nitrogen and oxygen atoms in total. The first kappa shape index (κ1) is 14.0. The van der Waals surface area contributed by atoms with Gasteiger partial charge in [-0.2, -0.15) is 0 Å². The molecule has 1 aliphatic rings. The number of nitrogens with zero attached hydrogens (tertiary/aromatic N) is 1. The average Bonchev–Trinajstić information content (AvgIpc) is 2.78. The number of nitrogens with two attached hydrogens (primary N) is 1. The highest BCUT2D eigenvalue weighted by atomic mass is 16.1. The normalized spacial score (nSPS) is 19.6. The zero-order chi connectivity index (χ0) is 13.8. The van der Waals surface area contributed by atoms with Gasteiger partial charge in [0, 0.05) is 39.1 Å². The highest BCUT2D eigenvalue weighted by Crippen LogP contribution is 2.17. The number of carbonyl (C=O) groups excluding carboxylic acids is 1. The lowest BCUT2D eigenvalue weighted by molar-refractivity contribution is -0.119. The molecule has 19 heavy (non-hydrogen) atoms. The summed E-state index contributed by atoms with van der Waals surface area (Å²) in [6, 6.07) is 6.74. The molecule has 3 N–H and O–H groups in total. The Bertz CT molecular complexity index is 459. The van der Waals surface area contributed by atoms with E-state index in [1.54, 1.807) is 6.92 Å². The number of hydrogen-bond acceptors (Lipinski definition) is 3. The first-order chi connectivity index (χ1) is 9.08. The molecular formula is C15H23N3O. The van der Waals surface area contributed by atoms with Crippen LogP contribution in [0.3, 0.4) is 0 Å². The van der Waals surface area contributed by atoms with Crippen LogP contribution in [-0.4, -0.2) is 29.9 Å². The lowest BCUT2D eigenvalue weighted by Gasteiger charge is -2.18. The van der Waals surface area contributed by atoms with Crippen molar-refractivity contribution in [3.05, 3.63) is 34.9 Å². The number of rotatable bonds is 4. The van der Waals surface area contributed by atoms with E-state index in [9.17, 15) is 4.79 Å². The molecule has 0 spiro atoms. The third-order valence-corrected chi connectivity index (χ3v) is 3.72. The van der Waals surface area contributed by atoms with Crippen LogP contribution < -0.4 is 11.1 Å². The van der Waals surface area contributed by atoms with Gasteiger partial charge in [-0.15, -0.1) is 0 Å².